The zero-order chi connectivity index (χ0) is 24.7. The summed E-state index contributed by atoms with van der Waals surface area (Å²) in [5, 5.41) is 1.54. The van der Waals surface area contributed by atoms with Crippen LogP contribution in [0.1, 0.15) is 16.8 Å². The maximum Gasteiger partial charge on any atom is 0.251 e. The smallest absolute Gasteiger partial charge is 0.251 e. The van der Waals surface area contributed by atoms with Crippen molar-refractivity contribution >= 4 is 22.5 Å². The van der Waals surface area contributed by atoms with Gasteiger partial charge in [0.15, 0.2) is 0 Å². The number of halogens is 1. The lowest BCUT2D eigenvalue weighted by atomic mass is 9.80. The summed E-state index contributed by atoms with van der Waals surface area (Å²) in [6, 6.07) is 22.9. The van der Waals surface area contributed by atoms with Crippen molar-refractivity contribution < 1.29 is 4.74 Å². The summed E-state index contributed by atoms with van der Waals surface area (Å²) in [4.78, 5) is 17.2. The first-order valence-electron chi connectivity index (χ1n) is 11.1. The maximum atomic E-state index is 12.8. The molecule has 35 heavy (non-hydrogen) atoms. The minimum Gasteiger partial charge on any atom is -0.497 e. The number of methoxy groups -OCH3 is 1. The van der Waals surface area contributed by atoms with Gasteiger partial charge in [-0.2, -0.15) is 0 Å². The Labute approximate surface area is 208 Å². The standard InChI is InChI=1S/C28H25ClN4O2/c1-32-17-31-16-26(32)28(30,19-7-10-21(29)11-8-19)20-9-12-25-24(14-20)23(15-27(34)33(25)2)18-5-4-6-22(13-18)35-3/h4-17H,30H2,1-3H3/t28-/m1/s1. The first-order valence-corrected chi connectivity index (χ1v) is 11.5. The van der Waals surface area contributed by atoms with E-state index in [1.807, 2.05) is 72.3 Å². The molecule has 5 rings (SSSR count). The van der Waals surface area contributed by atoms with Gasteiger partial charge in [0.05, 0.1) is 30.8 Å². The van der Waals surface area contributed by atoms with Gasteiger partial charge >= 0.3 is 0 Å². The van der Waals surface area contributed by atoms with Gasteiger partial charge in [0.2, 0.25) is 0 Å². The fraction of sp³-hybridized carbons (Fsp3) is 0.143. The lowest BCUT2D eigenvalue weighted by molar-refractivity contribution is 0.415. The highest BCUT2D eigenvalue weighted by Crippen LogP contribution is 2.38. The van der Waals surface area contributed by atoms with Crippen molar-refractivity contribution in [3.05, 3.63) is 118 Å². The van der Waals surface area contributed by atoms with Crippen molar-refractivity contribution in [3.63, 3.8) is 0 Å². The summed E-state index contributed by atoms with van der Waals surface area (Å²) in [6.45, 7) is 0. The topological polar surface area (TPSA) is 75.1 Å². The predicted molar refractivity (Wildman–Crippen MR) is 140 cm³/mol. The minimum atomic E-state index is -1.01. The molecule has 0 radical (unpaired) electrons. The van der Waals surface area contributed by atoms with E-state index in [1.165, 1.54) is 0 Å². The molecule has 7 heteroatoms. The number of pyridine rings is 1. The highest BCUT2D eigenvalue weighted by molar-refractivity contribution is 6.30. The number of aromatic nitrogens is 3. The Kier molecular flexibility index (Phi) is 5.71. The van der Waals surface area contributed by atoms with Crippen molar-refractivity contribution in [1.82, 2.24) is 14.1 Å². The van der Waals surface area contributed by atoms with Crippen LogP contribution in [-0.4, -0.2) is 21.2 Å². The average Bonchev–Trinajstić information content (AvgIpc) is 3.32. The molecule has 0 bridgehead atoms. The molecule has 0 amide bonds. The number of rotatable bonds is 5. The lowest BCUT2D eigenvalue weighted by Gasteiger charge is -2.31. The van der Waals surface area contributed by atoms with E-state index in [0.29, 0.717) is 5.02 Å². The van der Waals surface area contributed by atoms with Gasteiger partial charge in [0.25, 0.3) is 5.56 Å². The molecule has 0 saturated carbocycles. The third kappa shape index (κ3) is 3.81. The van der Waals surface area contributed by atoms with E-state index in [0.717, 1.165) is 44.6 Å². The molecule has 0 saturated heterocycles. The van der Waals surface area contributed by atoms with Crippen molar-refractivity contribution in [3.8, 4) is 16.9 Å². The Hall–Kier alpha value is -3.87. The van der Waals surface area contributed by atoms with E-state index in [4.69, 9.17) is 22.1 Å². The molecule has 0 fully saturated rings. The number of aryl methyl sites for hydroxylation is 2. The number of benzene rings is 3. The average molecular weight is 485 g/mol. The maximum absolute atomic E-state index is 12.8. The van der Waals surface area contributed by atoms with Gasteiger partial charge in [-0.3, -0.25) is 4.79 Å². The number of hydrogen-bond acceptors (Lipinski definition) is 4. The molecule has 0 spiro atoms. The van der Waals surface area contributed by atoms with E-state index in [2.05, 4.69) is 11.1 Å². The van der Waals surface area contributed by atoms with E-state index < -0.39 is 5.54 Å². The predicted octanol–water partition coefficient (Wildman–Crippen LogP) is 4.85. The molecule has 2 N–H and O–H groups in total. The third-order valence-corrected chi connectivity index (χ3v) is 6.85. The Morgan fingerprint density at radius 3 is 2.40 bits per heavy atom. The summed E-state index contributed by atoms with van der Waals surface area (Å²) in [7, 11) is 5.32. The van der Waals surface area contributed by atoms with Crippen LogP contribution in [-0.2, 0) is 19.6 Å². The lowest BCUT2D eigenvalue weighted by Crippen LogP contribution is -2.41. The second-order valence-corrected chi connectivity index (χ2v) is 9.06. The Morgan fingerprint density at radius 1 is 0.971 bits per heavy atom. The molecule has 6 nitrogen and oxygen atoms in total. The normalized spacial score (nSPS) is 13.1. The van der Waals surface area contributed by atoms with Gasteiger partial charge < -0.3 is 19.6 Å². The summed E-state index contributed by atoms with van der Waals surface area (Å²) >= 11 is 6.19. The second kappa shape index (κ2) is 8.73. The molecule has 5 aromatic rings. The summed E-state index contributed by atoms with van der Waals surface area (Å²) < 4.78 is 8.99. The van der Waals surface area contributed by atoms with Crippen molar-refractivity contribution in [2.75, 3.05) is 7.11 Å². The summed E-state index contributed by atoms with van der Waals surface area (Å²) in [6.07, 6.45) is 3.52. The zero-order valence-electron chi connectivity index (χ0n) is 19.7. The van der Waals surface area contributed by atoms with Crippen LogP contribution >= 0.6 is 11.6 Å². The number of nitrogens with zero attached hydrogens (tertiary/aromatic N) is 3. The molecule has 2 aromatic heterocycles. The molecular weight excluding hydrogens is 460 g/mol. The first kappa shape index (κ1) is 22.9. The van der Waals surface area contributed by atoms with E-state index >= 15 is 0 Å². The van der Waals surface area contributed by atoms with E-state index in [-0.39, 0.29) is 5.56 Å². The van der Waals surface area contributed by atoms with Gasteiger partial charge in [-0.1, -0.05) is 41.9 Å². The van der Waals surface area contributed by atoms with Crippen LogP contribution in [0.4, 0.5) is 0 Å². The molecule has 1 atom stereocenters. The van der Waals surface area contributed by atoms with Crippen LogP contribution in [0.15, 0.2) is 90.1 Å². The zero-order valence-corrected chi connectivity index (χ0v) is 20.5. The number of imidazole rings is 1. The van der Waals surface area contributed by atoms with Gasteiger partial charge in [0.1, 0.15) is 11.3 Å². The summed E-state index contributed by atoms with van der Waals surface area (Å²) in [5.74, 6) is 0.719. The van der Waals surface area contributed by atoms with Gasteiger partial charge in [-0.05, 0) is 58.7 Å². The third-order valence-electron chi connectivity index (χ3n) is 6.60. The van der Waals surface area contributed by atoms with Crippen molar-refractivity contribution in [2.45, 2.75) is 5.54 Å². The molecular formula is C28H25ClN4O2. The van der Waals surface area contributed by atoms with Gasteiger partial charge in [0, 0.05) is 30.6 Å². The highest BCUT2D eigenvalue weighted by Gasteiger charge is 2.35. The fourth-order valence-corrected chi connectivity index (χ4v) is 4.77. The number of hydrogen-bond donors (Lipinski definition) is 1. The van der Waals surface area contributed by atoms with Crippen LogP contribution in [0.3, 0.4) is 0 Å². The summed E-state index contributed by atoms with van der Waals surface area (Å²) in [5.41, 5.74) is 11.2. The van der Waals surface area contributed by atoms with Gasteiger partial charge in [-0.15, -0.1) is 0 Å². The van der Waals surface area contributed by atoms with Crippen LogP contribution in [0.2, 0.25) is 5.02 Å². The molecule has 0 aliphatic heterocycles. The van der Waals surface area contributed by atoms with Crippen LogP contribution < -0.4 is 16.0 Å². The molecule has 2 heterocycles. The van der Waals surface area contributed by atoms with Crippen molar-refractivity contribution in [1.29, 1.82) is 0 Å². The number of fused-ring (bicyclic) bond motifs is 1. The van der Waals surface area contributed by atoms with Gasteiger partial charge in [-0.25, -0.2) is 4.98 Å². The molecule has 3 aromatic carbocycles. The van der Waals surface area contributed by atoms with E-state index in [9.17, 15) is 4.79 Å². The molecule has 0 unspecified atom stereocenters. The van der Waals surface area contributed by atoms with Crippen molar-refractivity contribution in [2.24, 2.45) is 19.8 Å². The highest BCUT2D eigenvalue weighted by atomic mass is 35.5. The molecule has 0 aliphatic carbocycles. The second-order valence-electron chi connectivity index (χ2n) is 8.62. The Bertz CT molecular complexity index is 1600. The van der Waals surface area contributed by atoms with E-state index in [1.54, 1.807) is 37.3 Å². The SMILES string of the molecule is COc1cccc(-c2cc(=O)n(C)c3ccc([C@](N)(c4ccc(Cl)cc4)c4cncn4C)cc23)c1. The number of nitrogens with two attached hydrogens (primary N) is 1. The van der Waals surface area contributed by atoms with Crippen LogP contribution in [0.5, 0.6) is 5.75 Å². The molecule has 176 valence electrons. The monoisotopic (exact) mass is 484 g/mol. The fourth-order valence-electron chi connectivity index (χ4n) is 4.65. The quantitative estimate of drug-likeness (QED) is 0.387. The van der Waals surface area contributed by atoms with Crippen LogP contribution in [0.25, 0.3) is 22.0 Å². The first-order chi connectivity index (χ1) is 16.8. The van der Waals surface area contributed by atoms with Crippen LogP contribution in [0, 0.1) is 0 Å². The molecule has 0 aliphatic rings. The Balaban J connectivity index is 1.83. The minimum absolute atomic E-state index is 0.0913. The number of ether oxygens (including phenoxy) is 1. The largest absolute Gasteiger partial charge is 0.497 e. The Morgan fingerprint density at radius 2 is 1.71 bits per heavy atom.